The molecule has 2 heterocycles. The molecule has 1 atom stereocenters. The fourth-order valence-corrected chi connectivity index (χ4v) is 2.19. The Bertz CT molecular complexity index is 260. The van der Waals surface area contributed by atoms with Crippen molar-refractivity contribution in [3.8, 4) is 0 Å². The monoisotopic (exact) mass is 193 g/mol. The molecule has 1 aliphatic heterocycles. The third-order valence-corrected chi connectivity index (χ3v) is 3.21. The van der Waals surface area contributed by atoms with Crippen molar-refractivity contribution in [1.29, 1.82) is 0 Å². The van der Waals surface area contributed by atoms with E-state index >= 15 is 0 Å². The fourth-order valence-electron chi connectivity index (χ4n) is 2.19. The van der Waals surface area contributed by atoms with Crippen molar-refractivity contribution in [2.45, 2.75) is 44.6 Å². The Balaban J connectivity index is 1.84. The van der Waals surface area contributed by atoms with Crippen molar-refractivity contribution in [3.05, 3.63) is 24.2 Å². The minimum absolute atomic E-state index is 0.338. The number of hydrogen-bond acceptors (Lipinski definition) is 2. The van der Waals surface area contributed by atoms with Gasteiger partial charge in [0, 0.05) is 12.0 Å². The van der Waals surface area contributed by atoms with Gasteiger partial charge in [0.05, 0.1) is 6.26 Å². The quantitative estimate of drug-likeness (QED) is 0.798. The number of aryl methyl sites for hydroxylation is 1. The summed E-state index contributed by atoms with van der Waals surface area (Å²) in [6.45, 7) is 3.50. The van der Waals surface area contributed by atoms with Crippen molar-refractivity contribution < 1.29 is 4.42 Å². The van der Waals surface area contributed by atoms with Crippen LogP contribution in [-0.2, 0) is 6.42 Å². The maximum absolute atomic E-state index is 5.34. The molecule has 14 heavy (non-hydrogen) atoms. The Kier molecular flexibility index (Phi) is 2.92. The largest absolute Gasteiger partial charge is 0.469 e. The second-order valence-electron chi connectivity index (χ2n) is 4.52. The first kappa shape index (κ1) is 9.78. The lowest BCUT2D eigenvalue weighted by atomic mass is 9.86. The van der Waals surface area contributed by atoms with Gasteiger partial charge in [-0.25, -0.2) is 0 Å². The van der Waals surface area contributed by atoms with Crippen molar-refractivity contribution >= 4 is 0 Å². The molecule has 0 radical (unpaired) electrons. The average molecular weight is 193 g/mol. The Hall–Kier alpha value is -0.760. The van der Waals surface area contributed by atoms with Crippen molar-refractivity contribution in [2.75, 3.05) is 6.54 Å². The Morgan fingerprint density at radius 3 is 3.07 bits per heavy atom. The number of furan rings is 1. The smallest absolute Gasteiger partial charge is 0.103 e. The first-order valence-corrected chi connectivity index (χ1v) is 5.56. The minimum atomic E-state index is 0.338. The Morgan fingerprint density at radius 1 is 1.50 bits per heavy atom. The van der Waals surface area contributed by atoms with Gasteiger partial charge in [-0.2, -0.15) is 0 Å². The van der Waals surface area contributed by atoms with E-state index in [1.807, 2.05) is 6.07 Å². The summed E-state index contributed by atoms with van der Waals surface area (Å²) in [6.07, 6.45) is 7.98. The molecule has 0 spiro atoms. The molecule has 1 N–H and O–H groups in total. The maximum atomic E-state index is 5.34. The molecule has 2 nitrogen and oxygen atoms in total. The molecule has 2 rings (SSSR count). The van der Waals surface area contributed by atoms with Crippen LogP contribution in [0.3, 0.4) is 0 Å². The first-order chi connectivity index (χ1) is 6.79. The van der Waals surface area contributed by atoms with Gasteiger partial charge in [-0.3, -0.25) is 0 Å². The molecule has 0 aromatic carbocycles. The van der Waals surface area contributed by atoms with E-state index in [0.29, 0.717) is 5.54 Å². The highest BCUT2D eigenvalue weighted by atomic mass is 16.3. The molecule has 2 heteroatoms. The van der Waals surface area contributed by atoms with Gasteiger partial charge in [0.25, 0.3) is 0 Å². The SMILES string of the molecule is CC1(CCc2ccco2)CCCCN1. The van der Waals surface area contributed by atoms with Crippen molar-refractivity contribution in [1.82, 2.24) is 5.32 Å². The van der Waals surface area contributed by atoms with Gasteiger partial charge in [0.2, 0.25) is 0 Å². The summed E-state index contributed by atoms with van der Waals surface area (Å²) in [6, 6.07) is 4.03. The third kappa shape index (κ3) is 2.38. The van der Waals surface area contributed by atoms with Crippen LogP contribution in [0.5, 0.6) is 0 Å². The second-order valence-corrected chi connectivity index (χ2v) is 4.52. The topological polar surface area (TPSA) is 25.2 Å². The van der Waals surface area contributed by atoms with Crippen molar-refractivity contribution in [3.63, 3.8) is 0 Å². The summed E-state index contributed by atoms with van der Waals surface area (Å²) in [5.41, 5.74) is 0.338. The maximum Gasteiger partial charge on any atom is 0.103 e. The highest BCUT2D eigenvalue weighted by molar-refractivity contribution is 5.00. The van der Waals surface area contributed by atoms with Gasteiger partial charge in [0.15, 0.2) is 0 Å². The standard InChI is InChI=1S/C12H19NO/c1-12(7-2-3-9-13-12)8-6-11-5-4-10-14-11/h4-5,10,13H,2-3,6-9H2,1H3. The van der Waals surface area contributed by atoms with Crippen LogP contribution in [-0.4, -0.2) is 12.1 Å². The zero-order valence-corrected chi connectivity index (χ0v) is 8.88. The summed E-state index contributed by atoms with van der Waals surface area (Å²) < 4.78 is 5.34. The summed E-state index contributed by atoms with van der Waals surface area (Å²) in [5.74, 6) is 1.11. The van der Waals surface area contributed by atoms with Gasteiger partial charge in [-0.05, 0) is 44.9 Å². The van der Waals surface area contributed by atoms with Crippen LogP contribution in [0.25, 0.3) is 0 Å². The first-order valence-electron chi connectivity index (χ1n) is 5.56. The summed E-state index contributed by atoms with van der Waals surface area (Å²) in [7, 11) is 0. The molecule has 1 unspecified atom stereocenters. The normalized spacial score (nSPS) is 27.8. The predicted octanol–water partition coefficient (Wildman–Crippen LogP) is 2.74. The van der Waals surface area contributed by atoms with Crippen LogP contribution in [0.1, 0.15) is 38.4 Å². The van der Waals surface area contributed by atoms with Gasteiger partial charge in [-0.1, -0.05) is 6.42 Å². The Labute approximate surface area is 85.7 Å². The number of hydrogen-bond donors (Lipinski definition) is 1. The Morgan fingerprint density at radius 2 is 2.43 bits per heavy atom. The van der Waals surface area contributed by atoms with Crippen LogP contribution in [0.2, 0.25) is 0 Å². The number of rotatable bonds is 3. The molecule has 0 aliphatic carbocycles. The average Bonchev–Trinajstić information content (AvgIpc) is 2.69. The molecule has 1 aromatic rings. The van der Waals surface area contributed by atoms with Crippen LogP contribution >= 0.6 is 0 Å². The van der Waals surface area contributed by atoms with Gasteiger partial charge < -0.3 is 9.73 Å². The molecule has 1 aliphatic rings. The molecule has 0 amide bonds. The van der Waals surface area contributed by atoms with Gasteiger partial charge >= 0.3 is 0 Å². The lowest BCUT2D eigenvalue weighted by Crippen LogP contribution is -2.46. The summed E-state index contributed by atoms with van der Waals surface area (Å²) >= 11 is 0. The zero-order chi connectivity index (χ0) is 9.86. The third-order valence-electron chi connectivity index (χ3n) is 3.21. The number of piperidine rings is 1. The molecule has 0 bridgehead atoms. The van der Waals surface area contributed by atoms with Gasteiger partial charge in [0.1, 0.15) is 5.76 Å². The van der Waals surface area contributed by atoms with E-state index < -0.39 is 0 Å². The van der Waals surface area contributed by atoms with E-state index in [1.54, 1.807) is 6.26 Å². The summed E-state index contributed by atoms with van der Waals surface area (Å²) in [5, 5.41) is 3.62. The highest BCUT2D eigenvalue weighted by Crippen LogP contribution is 2.24. The van der Waals surface area contributed by atoms with E-state index in [0.717, 1.165) is 12.2 Å². The van der Waals surface area contributed by atoms with Crippen LogP contribution < -0.4 is 5.32 Å². The van der Waals surface area contributed by atoms with E-state index in [-0.39, 0.29) is 0 Å². The molecule has 1 fully saturated rings. The lowest BCUT2D eigenvalue weighted by Gasteiger charge is -2.34. The fraction of sp³-hybridized carbons (Fsp3) is 0.667. The molecular weight excluding hydrogens is 174 g/mol. The molecule has 78 valence electrons. The molecule has 1 aromatic heterocycles. The molecule has 0 saturated carbocycles. The van der Waals surface area contributed by atoms with E-state index in [1.165, 1.54) is 32.2 Å². The van der Waals surface area contributed by atoms with E-state index in [2.05, 4.69) is 18.3 Å². The van der Waals surface area contributed by atoms with E-state index in [4.69, 9.17) is 4.42 Å². The van der Waals surface area contributed by atoms with Gasteiger partial charge in [-0.15, -0.1) is 0 Å². The highest BCUT2D eigenvalue weighted by Gasteiger charge is 2.25. The van der Waals surface area contributed by atoms with Crippen LogP contribution in [0.4, 0.5) is 0 Å². The number of nitrogens with one attached hydrogen (secondary N) is 1. The van der Waals surface area contributed by atoms with Crippen LogP contribution in [0, 0.1) is 0 Å². The minimum Gasteiger partial charge on any atom is -0.469 e. The molecular formula is C12H19NO. The summed E-state index contributed by atoms with van der Waals surface area (Å²) in [4.78, 5) is 0. The van der Waals surface area contributed by atoms with Crippen molar-refractivity contribution in [2.24, 2.45) is 0 Å². The zero-order valence-electron chi connectivity index (χ0n) is 8.88. The van der Waals surface area contributed by atoms with E-state index in [9.17, 15) is 0 Å². The predicted molar refractivity (Wildman–Crippen MR) is 57.3 cm³/mol. The lowest BCUT2D eigenvalue weighted by molar-refractivity contribution is 0.256. The van der Waals surface area contributed by atoms with Crippen LogP contribution in [0.15, 0.2) is 22.8 Å². The second kappa shape index (κ2) is 4.18. The molecule has 1 saturated heterocycles.